The topological polar surface area (TPSA) is 112 Å². The van der Waals surface area contributed by atoms with Crippen LogP contribution in [0.15, 0.2) is 66.2 Å². The van der Waals surface area contributed by atoms with Gasteiger partial charge < -0.3 is 10.2 Å². The number of amides is 3. The third-order valence-electron chi connectivity index (χ3n) is 6.58. The van der Waals surface area contributed by atoms with Crippen molar-refractivity contribution in [2.75, 3.05) is 22.8 Å². The van der Waals surface area contributed by atoms with Gasteiger partial charge in [0.2, 0.25) is 5.91 Å². The Kier molecular flexibility index (Phi) is 7.68. The van der Waals surface area contributed by atoms with Crippen molar-refractivity contribution in [3.63, 3.8) is 0 Å². The summed E-state index contributed by atoms with van der Waals surface area (Å²) in [6, 6.07) is 12.5. The van der Waals surface area contributed by atoms with E-state index in [2.05, 4.69) is 10.3 Å². The van der Waals surface area contributed by atoms with E-state index in [0.29, 0.717) is 35.8 Å². The lowest BCUT2D eigenvalue weighted by Crippen LogP contribution is -2.55. The third kappa shape index (κ3) is 5.89. The maximum atomic E-state index is 13.9. The Morgan fingerprint density at radius 2 is 1.85 bits per heavy atom. The van der Waals surface area contributed by atoms with Gasteiger partial charge in [0.05, 0.1) is 21.4 Å². The van der Waals surface area contributed by atoms with Crippen molar-refractivity contribution in [1.82, 2.24) is 15.0 Å². The van der Waals surface area contributed by atoms with E-state index in [1.54, 1.807) is 35.8 Å². The van der Waals surface area contributed by atoms with E-state index in [9.17, 15) is 26.8 Å². The van der Waals surface area contributed by atoms with Gasteiger partial charge in [0.25, 0.3) is 0 Å². The number of halogens is 2. The summed E-state index contributed by atoms with van der Waals surface area (Å²) >= 11 is 1.44. The number of carbonyl (C=O) groups is 2. The molecular formula is C27H25F2N5O4S2. The number of benzene rings is 3. The van der Waals surface area contributed by atoms with Gasteiger partial charge in [-0.15, -0.1) is 11.3 Å². The largest absolute Gasteiger partial charge is 0.330 e. The summed E-state index contributed by atoms with van der Waals surface area (Å²) < 4.78 is 58.2. The zero-order valence-corrected chi connectivity index (χ0v) is 22.9. The fourth-order valence-corrected chi connectivity index (χ4v) is 6.56. The number of aromatic nitrogens is 1. The Morgan fingerprint density at radius 3 is 2.62 bits per heavy atom. The summed E-state index contributed by atoms with van der Waals surface area (Å²) in [4.78, 5) is 32.1. The van der Waals surface area contributed by atoms with E-state index >= 15 is 0 Å². The second-order valence-electron chi connectivity index (χ2n) is 9.32. The first-order valence-corrected chi connectivity index (χ1v) is 14.7. The van der Waals surface area contributed by atoms with Crippen LogP contribution in [0.5, 0.6) is 0 Å². The number of hydrogen-bond acceptors (Lipinski definition) is 6. The number of anilines is 2. The minimum Gasteiger partial charge on any atom is -0.325 e. The number of likely N-dealkylation sites (N-methyl/N-ethyl adjacent to an activating group) is 1. The van der Waals surface area contributed by atoms with Gasteiger partial charge in [-0.25, -0.2) is 23.3 Å². The van der Waals surface area contributed by atoms with Crippen LogP contribution in [0.25, 0.3) is 10.2 Å². The first kappa shape index (κ1) is 27.5. The highest BCUT2D eigenvalue weighted by atomic mass is 32.2. The predicted octanol–water partition coefficient (Wildman–Crippen LogP) is 4.15. The normalized spacial score (nSPS) is 13.9. The van der Waals surface area contributed by atoms with Crippen molar-refractivity contribution < 1.29 is 26.8 Å². The number of thiazole rings is 1. The lowest BCUT2D eigenvalue weighted by molar-refractivity contribution is -0.120. The van der Waals surface area contributed by atoms with Crippen molar-refractivity contribution in [3.8, 4) is 0 Å². The van der Waals surface area contributed by atoms with Crippen LogP contribution in [-0.2, 0) is 27.8 Å². The number of aryl methyl sites for hydroxylation is 1. The number of para-hydroxylation sites is 1. The van der Waals surface area contributed by atoms with Gasteiger partial charge in [0.1, 0.15) is 17.7 Å². The molecule has 1 aliphatic heterocycles. The Morgan fingerprint density at radius 1 is 1.10 bits per heavy atom. The molecule has 13 heteroatoms. The van der Waals surface area contributed by atoms with Crippen LogP contribution in [0.1, 0.15) is 17.5 Å². The van der Waals surface area contributed by atoms with Gasteiger partial charge >= 0.3 is 16.2 Å². The second kappa shape index (κ2) is 11.2. The Balaban J connectivity index is 1.39. The molecule has 0 aliphatic carbocycles. The molecule has 2 heterocycles. The molecule has 1 aliphatic rings. The van der Waals surface area contributed by atoms with Crippen LogP contribution in [0, 0.1) is 11.6 Å². The van der Waals surface area contributed by atoms with Gasteiger partial charge in [-0.3, -0.25) is 9.10 Å². The second-order valence-corrected chi connectivity index (χ2v) is 11.8. The van der Waals surface area contributed by atoms with E-state index in [0.717, 1.165) is 26.7 Å². The van der Waals surface area contributed by atoms with Crippen LogP contribution in [-0.4, -0.2) is 45.0 Å². The summed E-state index contributed by atoms with van der Waals surface area (Å²) in [5, 5.41) is 2.40. The quantitative estimate of drug-likeness (QED) is 0.339. The molecular weight excluding hydrogens is 560 g/mol. The Labute approximate surface area is 233 Å². The average molecular weight is 586 g/mol. The Bertz CT molecular complexity index is 1680. The standard InChI is InChI=1S/C27H25F2N5O4S2/c1-33(21-8-9-25-22(15-21)30-16-39-25)26(35)23(13-17-11-19(28)14-20(29)12-17)31-27(36)32-40(37,38)34-10-4-6-18-5-2-3-7-24(18)34/h2-3,5,7-9,11-12,14-16,23H,4,6,10,13H2,1H3,(H2,31,32,36)/t23-/m0/s1. The highest BCUT2D eigenvalue weighted by Gasteiger charge is 2.31. The Hall–Kier alpha value is -4.10. The molecule has 9 nitrogen and oxygen atoms in total. The molecule has 0 unspecified atom stereocenters. The summed E-state index contributed by atoms with van der Waals surface area (Å²) in [5.41, 5.74) is 4.22. The first-order chi connectivity index (χ1) is 19.1. The number of urea groups is 1. The highest BCUT2D eigenvalue weighted by Crippen LogP contribution is 2.28. The van der Waals surface area contributed by atoms with Crippen molar-refractivity contribution in [2.24, 2.45) is 0 Å². The molecule has 0 bridgehead atoms. The van der Waals surface area contributed by atoms with Crippen molar-refractivity contribution >= 4 is 55.1 Å². The summed E-state index contributed by atoms with van der Waals surface area (Å²) in [5.74, 6) is -2.33. The molecule has 3 amide bonds. The minimum absolute atomic E-state index is 0.104. The van der Waals surface area contributed by atoms with E-state index in [4.69, 9.17) is 0 Å². The van der Waals surface area contributed by atoms with E-state index < -0.39 is 39.8 Å². The number of hydrogen-bond donors (Lipinski definition) is 2. The number of nitrogens with one attached hydrogen (secondary N) is 2. The molecule has 5 rings (SSSR count). The molecule has 0 fully saturated rings. The van der Waals surface area contributed by atoms with E-state index in [-0.39, 0.29) is 18.5 Å². The summed E-state index contributed by atoms with van der Waals surface area (Å²) in [6.07, 6.45) is 0.977. The van der Waals surface area contributed by atoms with Gasteiger partial charge in [0, 0.05) is 31.8 Å². The molecule has 2 N–H and O–H groups in total. The van der Waals surface area contributed by atoms with Crippen LogP contribution < -0.4 is 19.2 Å². The molecule has 208 valence electrons. The summed E-state index contributed by atoms with van der Waals surface area (Å²) in [7, 11) is -2.84. The molecule has 0 spiro atoms. The smallest absolute Gasteiger partial charge is 0.325 e. The number of rotatable bonds is 7. The molecule has 4 aromatic rings. The monoisotopic (exact) mass is 585 g/mol. The van der Waals surface area contributed by atoms with Gasteiger partial charge in [-0.2, -0.15) is 8.42 Å². The van der Waals surface area contributed by atoms with Crippen LogP contribution in [0.2, 0.25) is 0 Å². The SMILES string of the molecule is CN(C(=O)[C@H](Cc1cc(F)cc(F)c1)NC(=O)NS(=O)(=O)N1CCCc2ccccc21)c1ccc2scnc2c1. The predicted molar refractivity (Wildman–Crippen MR) is 150 cm³/mol. The van der Waals surface area contributed by atoms with Crippen molar-refractivity contribution in [3.05, 3.63) is 88.9 Å². The number of fused-ring (bicyclic) bond motifs is 2. The maximum Gasteiger partial charge on any atom is 0.330 e. The van der Waals surface area contributed by atoms with E-state index in [1.165, 1.54) is 23.3 Å². The third-order valence-corrected chi connectivity index (χ3v) is 8.79. The lowest BCUT2D eigenvalue weighted by atomic mass is 10.0. The molecule has 1 aromatic heterocycles. The molecule has 40 heavy (non-hydrogen) atoms. The molecule has 0 saturated carbocycles. The van der Waals surface area contributed by atoms with Gasteiger partial charge in [0.15, 0.2) is 0 Å². The van der Waals surface area contributed by atoms with E-state index in [1.807, 2.05) is 16.9 Å². The summed E-state index contributed by atoms with van der Waals surface area (Å²) in [6.45, 7) is 0.173. The first-order valence-electron chi connectivity index (χ1n) is 12.4. The molecule has 0 saturated heterocycles. The highest BCUT2D eigenvalue weighted by molar-refractivity contribution is 7.91. The lowest BCUT2D eigenvalue weighted by Gasteiger charge is -2.30. The molecule has 0 radical (unpaired) electrons. The maximum absolute atomic E-state index is 13.9. The molecule has 3 aromatic carbocycles. The average Bonchev–Trinajstić information content (AvgIpc) is 3.39. The van der Waals surface area contributed by atoms with Crippen molar-refractivity contribution in [1.29, 1.82) is 0 Å². The zero-order valence-electron chi connectivity index (χ0n) is 21.3. The number of carbonyl (C=O) groups excluding carboxylic acids is 2. The fourth-order valence-electron chi connectivity index (χ4n) is 4.69. The van der Waals surface area contributed by atoms with Crippen LogP contribution >= 0.6 is 11.3 Å². The van der Waals surface area contributed by atoms with Crippen molar-refractivity contribution in [2.45, 2.75) is 25.3 Å². The fraction of sp³-hybridized carbons (Fsp3) is 0.222. The van der Waals surface area contributed by atoms with Crippen LogP contribution in [0.4, 0.5) is 25.0 Å². The van der Waals surface area contributed by atoms with Gasteiger partial charge in [-0.05, 0) is 60.4 Å². The zero-order chi connectivity index (χ0) is 28.4. The minimum atomic E-state index is -4.32. The molecule has 1 atom stereocenters. The van der Waals surface area contributed by atoms with Gasteiger partial charge in [-0.1, -0.05) is 18.2 Å². The van der Waals surface area contributed by atoms with Crippen LogP contribution in [0.3, 0.4) is 0 Å². The number of nitrogens with zero attached hydrogens (tertiary/aromatic N) is 3.